The lowest BCUT2D eigenvalue weighted by Gasteiger charge is -2.14. The minimum absolute atomic E-state index is 0.117. The van der Waals surface area contributed by atoms with Gasteiger partial charge < -0.3 is 10.5 Å². The van der Waals surface area contributed by atoms with Crippen LogP contribution in [0.2, 0.25) is 0 Å². The zero-order valence-corrected chi connectivity index (χ0v) is 7.91. The molecule has 0 saturated carbocycles. The summed E-state index contributed by atoms with van der Waals surface area (Å²) in [5.41, 5.74) is 6.29. The van der Waals surface area contributed by atoms with Gasteiger partial charge in [-0.3, -0.25) is 4.99 Å². The molecular weight excluding hydrogens is 168 g/mol. The smallest absolute Gasteiger partial charge is 0.358 e. The molecular formula is C9H14N2O2. The molecule has 4 heteroatoms. The van der Waals surface area contributed by atoms with Gasteiger partial charge in [-0.25, -0.2) is 4.79 Å². The average molecular weight is 182 g/mol. The van der Waals surface area contributed by atoms with E-state index in [0.29, 0.717) is 12.3 Å². The van der Waals surface area contributed by atoms with Crippen molar-refractivity contribution in [3.8, 4) is 0 Å². The lowest BCUT2D eigenvalue weighted by molar-refractivity contribution is -0.135. The van der Waals surface area contributed by atoms with Gasteiger partial charge in [-0.1, -0.05) is 6.08 Å². The van der Waals surface area contributed by atoms with Crippen molar-refractivity contribution in [2.24, 2.45) is 10.7 Å². The predicted octanol–water partition coefficient (Wildman–Crippen LogP) is 0.625. The van der Waals surface area contributed by atoms with Crippen molar-refractivity contribution < 1.29 is 9.53 Å². The Morgan fingerprint density at radius 1 is 1.85 bits per heavy atom. The predicted molar refractivity (Wildman–Crippen MR) is 50.4 cm³/mol. The molecule has 0 spiro atoms. The van der Waals surface area contributed by atoms with Gasteiger partial charge in [0, 0.05) is 0 Å². The van der Waals surface area contributed by atoms with Crippen molar-refractivity contribution in [3.63, 3.8) is 0 Å². The number of nitrogens with two attached hydrogens (primary N) is 1. The van der Waals surface area contributed by atoms with E-state index in [1.165, 1.54) is 0 Å². The van der Waals surface area contributed by atoms with E-state index in [1.54, 1.807) is 6.92 Å². The van der Waals surface area contributed by atoms with Crippen molar-refractivity contribution in [3.05, 3.63) is 11.8 Å². The average Bonchev–Trinajstić information content (AvgIpc) is 2.09. The monoisotopic (exact) mass is 182 g/mol. The summed E-state index contributed by atoms with van der Waals surface area (Å²) in [5, 5.41) is 0. The van der Waals surface area contributed by atoms with E-state index in [4.69, 9.17) is 10.5 Å². The Labute approximate surface area is 77.5 Å². The third-order valence-electron chi connectivity index (χ3n) is 1.77. The first-order valence-corrected chi connectivity index (χ1v) is 4.36. The molecule has 0 aliphatic carbocycles. The Morgan fingerprint density at radius 3 is 3.15 bits per heavy atom. The number of carbonyl (C=O) groups excluding carboxylic acids is 1. The molecule has 0 aromatic carbocycles. The summed E-state index contributed by atoms with van der Waals surface area (Å²) >= 11 is 0. The van der Waals surface area contributed by atoms with Crippen molar-refractivity contribution in [1.29, 1.82) is 0 Å². The van der Waals surface area contributed by atoms with Crippen LogP contribution >= 0.6 is 0 Å². The molecule has 1 aliphatic heterocycles. The summed E-state index contributed by atoms with van der Waals surface area (Å²) in [5.74, 6) is -0.428. The summed E-state index contributed by atoms with van der Waals surface area (Å²) < 4.78 is 4.81. The second kappa shape index (κ2) is 4.07. The third kappa shape index (κ3) is 2.31. The molecule has 0 amide bonds. The molecule has 4 nitrogen and oxygen atoms in total. The summed E-state index contributed by atoms with van der Waals surface area (Å²) in [6, 6.07) is 0.117. The van der Waals surface area contributed by atoms with Crippen LogP contribution in [0.15, 0.2) is 16.8 Å². The number of hydrogen-bond acceptors (Lipinski definition) is 4. The fraction of sp³-hybridized carbons (Fsp3) is 0.556. The fourth-order valence-electron chi connectivity index (χ4n) is 1.11. The fourth-order valence-corrected chi connectivity index (χ4v) is 1.11. The molecule has 0 aromatic rings. The topological polar surface area (TPSA) is 64.7 Å². The maximum atomic E-state index is 11.3. The van der Waals surface area contributed by atoms with Crippen LogP contribution in [0, 0.1) is 0 Å². The molecule has 1 atom stereocenters. The Morgan fingerprint density at radius 2 is 2.54 bits per heavy atom. The van der Waals surface area contributed by atoms with E-state index >= 15 is 0 Å². The maximum absolute atomic E-state index is 11.3. The number of ether oxygens (including phenoxy) is 1. The molecule has 0 bridgehead atoms. The summed E-state index contributed by atoms with van der Waals surface area (Å²) in [7, 11) is 0. The van der Waals surface area contributed by atoms with Crippen LogP contribution in [0.1, 0.15) is 20.3 Å². The van der Waals surface area contributed by atoms with Gasteiger partial charge in [0.25, 0.3) is 0 Å². The lowest BCUT2D eigenvalue weighted by atomic mass is 10.1. The number of nitrogens with zero attached hydrogens (tertiary/aromatic N) is 1. The summed E-state index contributed by atoms with van der Waals surface area (Å²) in [4.78, 5) is 15.4. The Bertz CT molecular complexity index is 269. The van der Waals surface area contributed by atoms with E-state index in [9.17, 15) is 4.79 Å². The van der Waals surface area contributed by atoms with Crippen LogP contribution in [0.3, 0.4) is 0 Å². The number of esters is 1. The first-order chi connectivity index (χ1) is 6.15. The van der Waals surface area contributed by atoms with Gasteiger partial charge >= 0.3 is 5.97 Å². The van der Waals surface area contributed by atoms with E-state index in [2.05, 4.69) is 4.99 Å². The second-order valence-electron chi connectivity index (χ2n) is 2.94. The van der Waals surface area contributed by atoms with Crippen LogP contribution < -0.4 is 5.73 Å². The number of dihydropyridines is 1. The molecule has 13 heavy (non-hydrogen) atoms. The van der Waals surface area contributed by atoms with Crippen LogP contribution in [0.4, 0.5) is 0 Å². The van der Waals surface area contributed by atoms with Crippen molar-refractivity contribution in [2.75, 3.05) is 6.61 Å². The van der Waals surface area contributed by atoms with Crippen LogP contribution in [-0.2, 0) is 9.53 Å². The number of aliphatic imine (C=N–C) groups is 1. The maximum Gasteiger partial charge on any atom is 0.358 e. The molecule has 1 heterocycles. The highest BCUT2D eigenvalue weighted by Gasteiger charge is 2.19. The molecule has 2 N–H and O–H groups in total. The molecule has 0 radical (unpaired) electrons. The second-order valence-corrected chi connectivity index (χ2v) is 2.94. The SMILES string of the molecule is CCOC(=O)C1=NC(C)CC=C1N. The summed E-state index contributed by atoms with van der Waals surface area (Å²) in [6.45, 7) is 4.03. The highest BCUT2D eigenvalue weighted by Crippen LogP contribution is 2.10. The number of rotatable bonds is 2. The van der Waals surface area contributed by atoms with Crippen LogP contribution in [0.25, 0.3) is 0 Å². The highest BCUT2D eigenvalue weighted by molar-refractivity contribution is 6.43. The van der Waals surface area contributed by atoms with Crippen LogP contribution in [0.5, 0.6) is 0 Å². The number of carbonyl (C=O) groups is 1. The normalized spacial score (nSPS) is 21.8. The van der Waals surface area contributed by atoms with Crippen LogP contribution in [-0.4, -0.2) is 24.3 Å². The van der Waals surface area contributed by atoms with Gasteiger partial charge in [-0.15, -0.1) is 0 Å². The summed E-state index contributed by atoms with van der Waals surface area (Å²) in [6.07, 6.45) is 2.60. The third-order valence-corrected chi connectivity index (χ3v) is 1.77. The molecule has 1 aliphatic rings. The van der Waals surface area contributed by atoms with Gasteiger partial charge in [-0.05, 0) is 20.3 Å². The highest BCUT2D eigenvalue weighted by atomic mass is 16.5. The zero-order valence-electron chi connectivity index (χ0n) is 7.91. The van der Waals surface area contributed by atoms with E-state index < -0.39 is 5.97 Å². The van der Waals surface area contributed by atoms with E-state index in [1.807, 2.05) is 13.0 Å². The van der Waals surface area contributed by atoms with Gasteiger partial charge in [0.15, 0.2) is 5.71 Å². The quantitative estimate of drug-likeness (QED) is 0.637. The van der Waals surface area contributed by atoms with Crippen molar-refractivity contribution in [2.45, 2.75) is 26.3 Å². The first kappa shape index (κ1) is 9.77. The lowest BCUT2D eigenvalue weighted by Crippen LogP contribution is -2.28. The molecule has 0 fully saturated rings. The molecule has 0 aromatic heterocycles. The number of hydrogen-bond donors (Lipinski definition) is 1. The van der Waals surface area contributed by atoms with E-state index in [-0.39, 0.29) is 11.8 Å². The Balaban J connectivity index is 2.76. The van der Waals surface area contributed by atoms with E-state index in [0.717, 1.165) is 6.42 Å². The minimum atomic E-state index is -0.428. The zero-order chi connectivity index (χ0) is 9.84. The van der Waals surface area contributed by atoms with Gasteiger partial charge in [-0.2, -0.15) is 0 Å². The molecule has 72 valence electrons. The van der Waals surface area contributed by atoms with Gasteiger partial charge in [0.1, 0.15) is 0 Å². The Hall–Kier alpha value is -1.32. The largest absolute Gasteiger partial charge is 0.461 e. The van der Waals surface area contributed by atoms with Crippen molar-refractivity contribution in [1.82, 2.24) is 0 Å². The van der Waals surface area contributed by atoms with Gasteiger partial charge in [0.2, 0.25) is 0 Å². The molecule has 1 rings (SSSR count). The minimum Gasteiger partial charge on any atom is -0.461 e. The Kier molecular flexibility index (Phi) is 3.06. The molecule has 1 unspecified atom stereocenters. The first-order valence-electron chi connectivity index (χ1n) is 4.36. The van der Waals surface area contributed by atoms with Gasteiger partial charge in [0.05, 0.1) is 18.3 Å². The standard InChI is InChI=1S/C9H14N2O2/c1-3-13-9(12)8-7(10)5-4-6(2)11-8/h5-6H,3-4,10H2,1-2H3. The van der Waals surface area contributed by atoms with Crippen molar-refractivity contribution >= 4 is 11.7 Å². The molecule has 0 saturated heterocycles.